The lowest BCUT2D eigenvalue weighted by Crippen LogP contribution is -2.05. The van der Waals surface area contributed by atoms with Gasteiger partial charge >= 0.3 is 0 Å². The molecular formula is C51H45N9O14S4. The lowest BCUT2D eigenvalue weighted by atomic mass is 10.1. The van der Waals surface area contributed by atoms with Gasteiger partial charge in [-0.1, -0.05) is 0 Å². The van der Waals surface area contributed by atoms with Gasteiger partial charge in [-0.05, 0) is 195 Å². The number of phenolic OH excluding ortho intramolecular Hbond substituents is 1. The van der Waals surface area contributed by atoms with Crippen LogP contribution < -0.4 is 10.1 Å². The van der Waals surface area contributed by atoms with E-state index in [0.29, 0.717) is 84.7 Å². The lowest BCUT2D eigenvalue weighted by molar-refractivity contribution is 0.415. The molecule has 0 heterocycles. The fourth-order valence-electron chi connectivity index (χ4n) is 7.96. The first kappa shape index (κ1) is 55.9. The van der Waals surface area contributed by atoms with E-state index in [-0.39, 0.29) is 11.1 Å². The molecule has 402 valence electrons. The zero-order chi connectivity index (χ0) is 56.8. The molecule has 23 nitrogen and oxygen atoms in total. The number of aryl methyl sites for hydroxylation is 6. The van der Waals surface area contributed by atoms with Gasteiger partial charge in [-0.3, -0.25) is 18.2 Å². The van der Waals surface area contributed by atoms with Gasteiger partial charge in [0.05, 0.1) is 46.1 Å². The second-order valence-electron chi connectivity index (χ2n) is 17.8. The molecule has 0 aliphatic carbocycles. The Morgan fingerprint density at radius 3 is 1.18 bits per heavy atom. The molecule has 0 radical (unpaired) electrons. The summed E-state index contributed by atoms with van der Waals surface area (Å²) in [6, 6.07) is 26.2. The standard InChI is InChI=1S/C51H45N9O14S4/c1-26-15-41(54-56-43-18-31(6)45(19-30(43)5)58-60-50-49(78(71,72)73)23-32-20-35(10-13-38(32)51(50)61)52-34-8-11-36(74-7)12-9-34)27(2)14-40(26)53-55-42-16-29(4)44(17-28(42)3)57-59-46-25-39-33(22-48(46)77(68,69)70)21-37(75(62,63)64)24-47(39)76(65,66)67/h8-25,52,61H,1-7H3,(H,62,63,64)(H,65,66,67)(H,68,69,70)(H,71,72,73). The van der Waals surface area contributed by atoms with Crippen molar-refractivity contribution in [2.24, 2.45) is 40.9 Å². The summed E-state index contributed by atoms with van der Waals surface area (Å²) in [5.74, 6) is 0.163. The van der Waals surface area contributed by atoms with Crippen molar-refractivity contribution in [3.05, 3.63) is 143 Å². The van der Waals surface area contributed by atoms with E-state index in [1.807, 2.05) is 13.8 Å². The Labute approximate surface area is 446 Å². The van der Waals surface area contributed by atoms with Crippen LogP contribution in [-0.4, -0.2) is 64.1 Å². The first-order valence-electron chi connectivity index (χ1n) is 22.7. The maximum absolute atomic E-state index is 12.6. The van der Waals surface area contributed by atoms with Gasteiger partial charge in [0.25, 0.3) is 40.5 Å². The van der Waals surface area contributed by atoms with E-state index in [1.54, 1.807) is 114 Å². The van der Waals surface area contributed by atoms with E-state index in [2.05, 4.69) is 46.2 Å². The minimum Gasteiger partial charge on any atom is -0.505 e. The van der Waals surface area contributed by atoms with E-state index in [1.165, 1.54) is 6.07 Å². The number of nitrogens with one attached hydrogen (secondary N) is 1. The van der Waals surface area contributed by atoms with Gasteiger partial charge in [0.1, 0.15) is 31.8 Å². The second kappa shape index (κ2) is 21.3. The number of aromatic hydroxyl groups is 1. The number of rotatable bonds is 15. The molecule has 0 fully saturated rings. The number of phenols is 1. The third-order valence-electron chi connectivity index (χ3n) is 12.1. The summed E-state index contributed by atoms with van der Waals surface area (Å²) in [6.45, 7) is 10.5. The first-order valence-corrected chi connectivity index (χ1v) is 28.5. The smallest absolute Gasteiger partial charge is 0.296 e. The number of hydrogen-bond acceptors (Lipinski definition) is 19. The van der Waals surface area contributed by atoms with Crippen LogP contribution in [0.15, 0.2) is 170 Å². The molecule has 78 heavy (non-hydrogen) atoms. The van der Waals surface area contributed by atoms with Crippen molar-refractivity contribution in [1.29, 1.82) is 0 Å². The molecule has 0 aromatic heterocycles. The van der Waals surface area contributed by atoms with Crippen LogP contribution in [0.25, 0.3) is 21.5 Å². The van der Waals surface area contributed by atoms with Crippen molar-refractivity contribution in [2.45, 2.75) is 61.1 Å². The lowest BCUT2D eigenvalue weighted by Gasteiger charge is -2.12. The van der Waals surface area contributed by atoms with Gasteiger partial charge in [0.2, 0.25) is 0 Å². The topological polar surface area (TPSA) is 358 Å². The summed E-state index contributed by atoms with van der Waals surface area (Å²) >= 11 is 0. The number of ether oxygens (including phenoxy) is 1. The number of methoxy groups -OCH3 is 1. The molecule has 0 spiro atoms. The van der Waals surface area contributed by atoms with Gasteiger partial charge in [0.15, 0.2) is 5.75 Å². The number of nitrogens with zero attached hydrogens (tertiary/aromatic N) is 8. The van der Waals surface area contributed by atoms with Crippen molar-refractivity contribution in [2.75, 3.05) is 12.4 Å². The molecule has 0 saturated carbocycles. The summed E-state index contributed by atoms with van der Waals surface area (Å²) in [5, 5.41) is 48.7. The monoisotopic (exact) mass is 1140 g/mol. The minimum atomic E-state index is -5.15. The van der Waals surface area contributed by atoms with Gasteiger partial charge < -0.3 is 15.2 Å². The largest absolute Gasteiger partial charge is 0.505 e. The van der Waals surface area contributed by atoms with Gasteiger partial charge in [0, 0.05) is 22.1 Å². The summed E-state index contributed by atoms with van der Waals surface area (Å²) in [5.41, 5.74) is 6.46. The van der Waals surface area contributed by atoms with Crippen LogP contribution in [0.5, 0.6) is 11.5 Å². The molecule has 8 aromatic carbocycles. The van der Waals surface area contributed by atoms with Crippen LogP contribution in [0, 0.1) is 41.5 Å². The van der Waals surface area contributed by atoms with E-state index >= 15 is 0 Å². The Morgan fingerprint density at radius 1 is 0.385 bits per heavy atom. The normalized spacial score (nSPS) is 12.8. The summed E-state index contributed by atoms with van der Waals surface area (Å²) < 4.78 is 143. The van der Waals surface area contributed by atoms with E-state index in [0.717, 1.165) is 23.9 Å². The molecule has 0 bridgehead atoms. The van der Waals surface area contributed by atoms with Gasteiger partial charge in [-0.15, -0.1) is 10.2 Å². The van der Waals surface area contributed by atoms with Crippen LogP contribution in [0.4, 0.5) is 56.9 Å². The van der Waals surface area contributed by atoms with Crippen molar-refractivity contribution in [3.63, 3.8) is 0 Å². The maximum atomic E-state index is 12.6. The van der Waals surface area contributed by atoms with Crippen molar-refractivity contribution in [3.8, 4) is 11.5 Å². The molecule has 0 aliphatic heterocycles. The quantitative estimate of drug-likeness (QED) is 0.0410. The Hall–Kier alpha value is -8.28. The van der Waals surface area contributed by atoms with Crippen LogP contribution in [0.2, 0.25) is 0 Å². The maximum Gasteiger partial charge on any atom is 0.296 e. The second-order valence-corrected chi connectivity index (χ2v) is 23.4. The zero-order valence-corrected chi connectivity index (χ0v) is 45.3. The molecule has 8 rings (SSSR count). The number of anilines is 2. The van der Waals surface area contributed by atoms with Gasteiger partial charge in [-0.25, -0.2) is 0 Å². The summed E-state index contributed by atoms with van der Waals surface area (Å²) in [6.07, 6.45) is 0. The van der Waals surface area contributed by atoms with Crippen molar-refractivity contribution < 1.29 is 61.7 Å². The van der Waals surface area contributed by atoms with Crippen LogP contribution in [0.1, 0.15) is 33.4 Å². The van der Waals surface area contributed by atoms with Gasteiger partial charge in [-0.2, -0.15) is 64.4 Å². The first-order chi connectivity index (χ1) is 36.5. The average Bonchev–Trinajstić information content (AvgIpc) is 3.57. The fraction of sp³-hybridized carbons (Fsp3) is 0.137. The Morgan fingerprint density at radius 2 is 0.769 bits per heavy atom. The minimum absolute atomic E-state index is 0.209. The average molecular weight is 1140 g/mol. The number of azo groups is 4. The Kier molecular flexibility index (Phi) is 15.3. The molecule has 6 N–H and O–H groups in total. The highest BCUT2D eigenvalue weighted by Crippen LogP contribution is 2.44. The molecule has 0 unspecified atom stereocenters. The van der Waals surface area contributed by atoms with E-state index in [9.17, 15) is 57.0 Å². The predicted octanol–water partition coefficient (Wildman–Crippen LogP) is 13.9. The molecule has 0 aliphatic rings. The van der Waals surface area contributed by atoms with E-state index < -0.39 is 88.0 Å². The third-order valence-corrected chi connectivity index (χ3v) is 15.6. The van der Waals surface area contributed by atoms with Crippen LogP contribution in [-0.2, 0) is 40.5 Å². The summed E-state index contributed by atoms with van der Waals surface area (Å²) in [4.78, 5) is -3.49. The zero-order valence-electron chi connectivity index (χ0n) is 42.0. The SMILES string of the molecule is COc1ccc(Nc2ccc3c(O)c(N=Nc4cc(C)c(N=Nc5cc(C)c(N=Nc6cc(C)c(N=Nc7cc8c(S(=O)(=O)O)cc(S(=O)(=O)O)cc8cc7S(=O)(=O)O)cc6C)cc5C)cc4C)c(S(=O)(=O)O)cc3c2)cc1. The molecule has 0 amide bonds. The highest BCUT2D eigenvalue weighted by molar-refractivity contribution is 7.87. The van der Waals surface area contributed by atoms with Crippen LogP contribution in [0.3, 0.4) is 0 Å². The van der Waals surface area contributed by atoms with Crippen LogP contribution >= 0.6 is 0 Å². The van der Waals surface area contributed by atoms with E-state index in [4.69, 9.17) is 4.74 Å². The summed E-state index contributed by atoms with van der Waals surface area (Å²) in [7, 11) is -18.6. The number of hydrogen-bond donors (Lipinski definition) is 6. The molecule has 27 heteroatoms. The highest BCUT2D eigenvalue weighted by Gasteiger charge is 2.26. The number of benzene rings is 8. The Bertz CT molecular complexity index is 4420. The fourth-order valence-corrected chi connectivity index (χ4v) is 10.6. The predicted molar refractivity (Wildman–Crippen MR) is 290 cm³/mol. The van der Waals surface area contributed by atoms with Crippen molar-refractivity contribution >= 4 is 119 Å². The molecule has 0 atom stereocenters. The molecular weight excluding hydrogens is 1090 g/mol. The van der Waals surface area contributed by atoms with Crippen molar-refractivity contribution in [1.82, 2.24) is 0 Å². The number of fused-ring (bicyclic) bond motifs is 2. The molecule has 8 aromatic rings. The highest BCUT2D eigenvalue weighted by atomic mass is 32.2. The Balaban J connectivity index is 1.00. The third kappa shape index (κ3) is 12.3. The molecule has 0 saturated heterocycles.